The minimum absolute atomic E-state index is 0.0463. The van der Waals surface area contributed by atoms with Crippen LogP contribution in [0.25, 0.3) is 0 Å². The lowest BCUT2D eigenvalue weighted by molar-refractivity contribution is 0.0226. The third kappa shape index (κ3) is 5.72. The van der Waals surface area contributed by atoms with Gasteiger partial charge in [0.2, 0.25) is 0 Å². The van der Waals surface area contributed by atoms with Crippen LogP contribution in [0.1, 0.15) is 31.9 Å². The van der Waals surface area contributed by atoms with Crippen molar-refractivity contribution >= 4 is 8.32 Å². The largest absolute Gasteiger partial charge is 0.541 e. The molecule has 31 heavy (non-hydrogen) atoms. The summed E-state index contributed by atoms with van der Waals surface area (Å²) in [6.07, 6.45) is 0.497. The number of rotatable bonds is 8. The second-order valence-electron chi connectivity index (χ2n) is 9.68. The van der Waals surface area contributed by atoms with Crippen molar-refractivity contribution in [2.45, 2.75) is 64.3 Å². The number of nitrogens with zero attached hydrogens (tertiary/aromatic N) is 2. The van der Waals surface area contributed by atoms with Crippen LogP contribution in [0.5, 0.6) is 17.2 Å². The monoisotopic (exact) mass is 449 g/mol. The van der Waals surface area contributed by atoms with Gasteiger partial charge in [-0.2, -0.15) is 5.26 Å². The molecule has 0 radical (unpaired) electrons. The van der Waals surface area contributed by atoms with Gasteiger partial charge in [-0.15, -0.1) is 0 Å². The van der Waals surface area contributed by atoms with Crippen LogP contribution in [0.15, 0.2) is 6.07 Å². The van der Waals surface area contributed by atoms with Gasteiger partial charge in [0.05, 0.1) is 33.5 Å². The molecule has 0 aliphatic carbocycles. The summed E-state index contributed by atoms with van der Waals surface area (Å²) in [5.41, 5.74) is 8.36. The van der Waals surface area contributed by atoms with E-state index in [-0.39, 0.29) is 17.1 Å². The maximum Gasteiger partial charge on any atom is 0.250 e. The molecular weight excluding hydrogens is 410 g/mol. The average Bonchev–Trinajstić information content (AvgIpc) is 2.68. The summed E-state index contributed by atoms with van der Waals surface area (Å²) < 4.78 is 23.5. The van der Waals surface area contributed by atoms with E-state index in [4.69, 9.17) is 24.4 Å². The molecule has 1 aromatic rings. The van der Waals surface area contributed by atoms with Crippen molar-refractivity contribution in [1.29, 1.82) is 5.26 Å². The van der Waals surface area contributed by atoms with Crippen LogP contribution in [0.4, 0.5) is 0 Å². The maximum atomic E-state index is 9.80. The molecule has 0 aromatic heterocycles. The van der Waals surface area contributed by atoms with E-state index in [0.29, 0.717) is 38.5 Å². The lowest BCUT2D eigenvalue weighted by atomic mass is 9.96. The molecule has 8 heteroatoms. The summed E-state index contributed by atoms with van der Waals surface area (Å²) >= 11 is 0. The SMILES string of the molecule is COc1c(C[C@H](N)[C@H](C#N)N2CCOCC2)cc(O[Si](C)(C)C(C)(C)C)c(OC)c1C. The molecule has 1 aromatic carbocycles. The number of methoxy groups -OCH3 is 2. The standard InChI is InChI=1S/C23H39N3O4Si/c1-16-21(27-5)17(13-18(25)19(15-24)26-9-11-29-12-10-26)14-20(22(16)28-6)30-31(7,8)23(2,3)4/h14,18-19H,9-13,25H2,1-8H3/t18-,19-/m0/s1. The minimum Gasteiger partial charge on any atom is -0.541 e. The van der Waals surface area contributed by atoms with Gasteiger partial charge in [-0.3, -0.25) is 4.90 Å². The summed E-state index contributed by atoms with van der Waals surface area (Å²) in [5.74, 6) is 2.13. The van der Waals surface area contributed by atoms with Crippen LogP contribution in [-0.4, -0.2) is 65.8 Å². The molecule has 1 saturated heterocycles. The van der Waals surface area contributed by atoms with Crippen molar-refractivity contribution in [2.75, 3.05) is 40.5 Å². The number of hydrogen-bond acceptors (Lipinski definition) is 7. The highest BCUT2D eigenvalue weighted by Crippen LogP contribution is 2.44. The molecule has 0 amide bonds. The van der Waals surface area contributed by atoms with Gasteiger partial charge in [0.1, 0.15) is 17.5 Å². The van der Waals surface area contributed by atoms with Crippen LogP contribution < -0.4 is 19.6 Å². The molecule has 174 valence electrons. The van der Waals surface area contributed by atoms with Gasteiger partial charge in [-0.25, -0.2) is 0 Å². The van der Waals surface area contributed by atoms with Crippen molar-refractivity contribution < 1.29 is 18.6 Å². The Kier molecular flexibility index (Phi) is 8.39. The van der Waals surface area contributed by atoms with Crippen LogP contribution in [0.2, 0.25) is 18.1 Å². The van der Waals surface area contributed by atoms with Crippen molar-refractivity contribution in [1.82, 2.24) is 4.90 Å². The Morgan fingerprint density at radius 2 is 1.77 bits per heavy atom. The van der Waals surface area contributed by atoms with Gasteiger partial charge in [0.25, 0.3) is 8.32 Å². The van der Waals surface area contributed by atoms with Gasteiger partial charge in [-0.1, -0.05) is 20.8 Å². The zero-order chi connectivity index (χ0) is 23.4. The van der Waals surface area contributed by atoms with E-state index in [1.165, 1.54) is 0 Å². The maximum absolute atomic E-state index is 9.80. The lowest BCUT2D eigenvalue weighted by Gasteiger charge is -2.37. The normalized spacial score (nSPS) is 17.5. The van der Waals surface area contributed by atoms with E-state index >= 15 is 0 Å². The summed E-state index contributed by atoms with van der Waals surface area (Å²) in [4.78, 5) is 2.10. The molecule has 0 unspecified atom stereocenters. The smallest absolute Gasteiger partial charge is 0.250 e. The van der Waals surface area contributed by atoms with E-state index < -0.39 is 8.32 Å². The Bertz CT molecular complexity index is 795. The predicted molar refractivity (Wildman–Crippen MR) is 126 cm³/mol. The summed E-state index contributed by atoms with van der Waals surface area (Å²) in [7, 11) is 1.21. The molecule has 0 bridgehead atoms. The molecule has 2 rings (SSSR count). The summed E-state index contributed by atoms with van der Waals surface area (Å²) in [5, 5.41) is 9.85. The molecule has 2 atom stereocenters. The fourth-order valence-corrected chi connectivity index (χ4v) is 4.69. The molecule has 1 fully saturated rings. The van der Waals surface area contributed by atoms with E-state index in [1.54, 1.807) is 14.2 Å². The van der Waals surface area contributed by atoms with E-state index in [9.17, 15) is 5.26 Å². The topological polar surface area (TPSA) is 90.0 Å². The highest BCUT2D eigenvalue weighted by Gasteiger charge is 2.40. The van der Waals surface area contributed by atoms with Crippen molar-refractivity contribution in [3.05, 3.63) is 17.2 Å². The zero-order valence-electron chi connectivity index (χ0n) is 20.4. The third-order valence-electron chi connectivity index (χ3n) is 6.51. The number of morpholine rings is 1. The third-order valence-corrected chi connectivity index (χ3v) is 10.9. The Labute approximate surface area is 188 Å². The molecule has 1 aliphatic heterocycles. The summed E-state index contributed by atoms with van der Waals surface area (Å²) in [6, 6.07) is 3.62. The second-order valence-corrected chi connectivity index (χ2v) is 14.4. The molecule has 2 N–H and O–H groups in total. The fourth-order valence-electron chi connectivity index (χ4n) is 3.68. The highest BCUT2D eigenvalue weighted by atomic mass is 28.4. The first kappa shape index (κ1) is 25.5. The van der Waals surface area contributed by atoms with E-state index in [0.717, 1.165) is 22.6 Å². The summed E-state index contributed by atoms with van der Waals surface area (Å²) in [6.45, 7) is 15.7. The molecule has 0 saturated carbocycles. The van der Waals surface area contributed by atoms with Crippen molar-refractivity contribution in [2.24, 2.45) is 5.73 Å². The first-order valence-corrected chi connectivity index (χ1v) is 13.8. The van der Waals surface area contributed by atoms with Crippen molar-refractivity contribution in [3.63, 3.8) is 0 Å². The van der Waals surface area contributed by atoms with Gasteiger partial charge >= 0.3 is 0 Å². The van der Waals surface area contributed by atoms with Crippen LogP contribution >= 0.6 is 0 Å². The van der Waals surface area contributed by atoms with Crippen LogP contribution in [0, 0.1) is 18.3 Å². The number of nitrogens with two attached hydrogens (primary N) is 1. The average molecular weight is 450 g/mol. The molecule has 7 nitrogen and oxygen atoms in total. The fraction of sp³-hybridized carbons (Fsp3) is 0.696. The lowest BCUT2D eigenvalue weighted by Crippen LogP contribution is -2.52. The number of hydrogen-bond donors (Lipinski definition) is 1. The first-order chi connectivity index (χ1) is 14.5. The Hall–Kier alpha value is -1.79. The first-order valence-electron chi connectivity index (χ1n) is 10.9. The number of benzene rings is 1. The Morgan fingerprint density at radius 1 is 1.19 bits per heavy atom. The van der Waals surface area contributed by atoms with Gasteiger partial charge < -0.3 is 24.4 Å². The highest BCUT2D eigenvalue weighted by molar-refractivity contribution is 6.74. The van der Waals surface area contributed by atoms with Crippen molar-refractivity contribution in [3.8, 4) is 23.3 Å². The second kappa shape index (κ2) is 10.2. The van der Waals surface area contributed by atoms with E-state index in [1.807, 2.05) is 13.0 Å². The number of ether oxygens (including phenoxy) is 3. The minimum atomic E-state index is -2.09. The van der Waals surface area contributed by atoms with Crippen LogP contribution in [0.3, 0.4) is 0 Å². The van der Waals surface area contributed by atoms with E-state index in [2.05, 4.69) is 44.8 Å². The van der Waals surface area contributed by atoms with Gasteiger partial charge in [-0.05, 0) is 43.1 Å². The predicted octanol–water partition coefficient (Wildman–Crippen LogP) is 3.49. The van der Waals surface area contributed by atoms with Crippen LogP contribution in [-0.2, 0) is 11.2 Å². The Balaban J connectivity index is 2.42. The molecular formula is C23H39N3O4Si. The molecule has 0 spiro atoms. The Morgan fingerprint density at radius 3 is 2.26 bits per heavy atom. The molecule has 1 aliphatic rings. The van der Waals surface area contributed by atoms with Gasteiger partial charge in [0.15, 0.2) is 5.75 Å². The molecule has 1 heterocycles. The van der Waals surface area contributed by atoms with Gasteiger partial charge in [0, 0.05) is 24.7 Å². The zero-order valence-corrected chi connectivity index (χ0v) is 21.4. The number of nitriles is 1. The quantitative estimate of drug-likeness (QED) is 0.608.